The van der Waals surface area contributed by atoms with Gasteiger partial charge in [0.15, 0.2) is 6.61 Å². The normalized spacial score (nSPS) is 14.4. The Hall–Kier alpha value is -3.62. The van der Waals surface area contributed by atoms with Crippen LogP contribution in [0.2, 0.25) is 5.02 Å². The molecule has 184 valence electrons. The maximum atomic E-state index is 14.0. The summed E-state index contributed by atoms with van der Waals surface area (Å²) in [7, 11) is 0. The number of nitrogens with zero attached hydrogens (tertiary/aromatic N) is 1. The molecule has 1 heterocycles. The van der Waals surface area contributed by atoms with Crippen LogP contribution < -0.4 is 10.1 Å². The van der Waals surface area contributed by atoms with E-state index in [-0.39, 0.29) is 34.6 Å². The Bertz CT molecular complexity index is 1390. The number of imide groups is 1. The molecule has 6 nitrogen and oxygen atoms in total. The van der Waals surface area contributed by atoms with Crippen molar-refractivity contribution in [2.75, 3.05) is 11.9 Å². The minimum atomic E-state index is -0.507. The van der Waals surface area contributed by atoms with Gasteiger partial charge in [-0.2, -0.15) is 0 Å². The van der Waals surface area contributed by atoms with Crippen molar-refractivity contribution >= 4 is 52.2 Å². The highest BCUT2D eigenvalue weighted by Gasteiger charge is 2.35. The van der Waals surface area contributed by atoms with Gasteiger partial charge >= 0.3 is 0 Å². The first-order chi connectivity index (χ1) is 17.2. The first kappa shape index (κ1) is 25.5. The molecule has 0 saturated carbocycles. The molecule has 0 spiro atoms. The summed E-state index contributed by atoms with van der Waals surface area (Å²) in [4.78, 5) is 38.6. The molecular weight excluding hydrogens is 503 g/mol. The van der Waals surface area contributed by atoms with Crippen LogP contribution in [0.15, 0.2) is 65.6 Å². The molecule has 3 aromatic carbocycles. The number of rotatable bonds is 7. The van der Waals surface area contributed by atoms with E-state index in [0.717, 1.165) is 27.8 Å². The lowest BCUT2D eigenvalue weighted by atomic mass is 10.1. The molecule has 0 unspecified atom stereocenters. The molecule has 36 heavy (non-hydrogen) atoms. The summed E-state index contributed by atoms with van der Waals surface area (Å²) in [5.41, 5.74) is 3.51. The van der Waals surface area contributed by atoms with Gasteiger partial charge in [-0.05, 0) is 72.6 Å². The summed E-state index contributed by atoms with van der Waals surface area (Å²) in [5.74, 6) is -1.01. The van der Waals surface area contributed by atoms with Crippen LogP contribution in [0, 0.1) is 19.7 Å². The Morgan fingerprint density at radius 1 is 1.11 bits per heavy atom. The fourth-order valence-corrected chi connectivity index (χ4v) is 4.59. The number of nitrogens with one attached hydrogen (secondary N) is 1. The highest BCUT2D eigenvalue weighted by molar-refractivity contribution is 8.18. The Morgan fingerprint density at radius 3 is 2.64 bits per heavy atom. The number of halogens is 2. The first-order valence-electron chi connectivity index (χ1n) is 11.0. The number of anilines is 1. The predicted octanol–water partition coefficient (Wildman–Crippen LogP) is 6.35. The molecule has 1 aliphatic rings. The SMILES string of the molecule is Cc1ccc(C)c(NC(=O)COc2ccc(/C=C3\SC(=O)N(Cc4ccccc4F)C3=O)cc2Cl)c1. The second-order valence-corrected chi connectivity index (χ2v) is 9.60. The summed E-state index contributed by atoms with van der Waals surface area (Å²) in [6.45, 7) is 3.46. The molecule has 3 aromatic rings. The lowest BCUT2D eigenvalue weighted by Crippen LogP contribution is -2.27. The van der Waals surface area contributed by atoms with E-state index in [4.69, 9.17) is 16.3 Å². The molecule has 0 atom stereocenters. The van der Waals surface area contributed by atoms with Gasteiger partial charge in [-0.15, -0.1) is 0 Å². The van der Waals surface area contributed by atoms with Crippen molar-refractivity contribution in [2.45, 2.75) is 20.4 Å². The average Bonchev–Trinajstić information content (AvgIpc) is 3.09. The molecule has 1 N–H and O–H groups in total. The molecule has 3 amide bonds. The Kier molecular flexibility index (Phi) is 7.76. The zero-order chi connectivity index (χ0) is 25.8. The molecule has 1 saturated heterocycles. The van der Waals surface area contributed by atoms with Crippen molar-refractivity contribution in [1.82, 2.24) is 4.90 Å². The van der Waals surface area contributed by atoms with E-state index in [2.05, 4.69) is 5.32 Å². The van der Waals surface area contributed by atoms with Gasteiger partial charge in [-0.3, -0.25) is 19.3 Å². The molecular formula is C27H22ClFN2O4S. The van der Waals surface area contributed by atoms with Crippen molar-refractivity contribution in [1.29, 1.82) is 0 Å². The Balaban J connectivity index is 1.40. The van der Waals surface area contributed by atoms with Crippen LogP contribution in [0.1, 0.15) is 22.3 Å². The zero-order valence-electron chi connectivity index (χ0n) is 19.5. The van der Waals surface area contributed by atoms with Gasteiger partial charge in [-0.25, -0.2) is 4.39 Å². The van der Waals surface area contributed by atoms with Crippen LogP contribution in [0.3, 0.4) is 0 Å². The Morgan fingerprint density at radius 2 is 1.89 bits per heavy atom. The second kappa shape index (κ2) is 11.0. The third kappa shape index (κ3) is 5.95. The van der Waals surface area contributed by atoms with Crippen molar-refractivity contribution in [2.24, 2.45) is 0 Å². The van der Waals surface area contributed by atoms with E-state index in [1.54, 1.807) is 30.3 Å². The van der Waals surface area contributed by atoms with Gasteiger partial charge in [0.05, 0.1) is 16.5 Å². The summed E-state index contributed by atoms with van der Waals surface area (Å²) >= 11 is 7.10. The molecule has 1 fully saturated rings. The van der Waals surface area contributed by atoms with Gasteiger partial charge in [0.25, 0.3) is 17.1 Å². The molecule has 0 aliphatic carbocycles. The molecule has 9 heteroatoms. The number of hydrogen-bond acceptors (Lipinski definition) is 5. The van der Waals surface area contributed by atoms with Crippen molar-refractivity contribution in [3.63, 3.8) is 0 Å². The number of thioether (sulfide) groups is 1. The topological polar surface area (TPSA) is 75.7 Å². The van der Waals surface area contributed by atoms with E-state index in [1.165, 1.54) is 18.2 Å². The third-order valence-corrected chi connectivity index (χ3v) is 6.64. The van der Waals surface area contributed by atoms with Crippen LogP contribution in [-0.4, -0.2) is 28.6 Å². The number of carbonyl (C=O) groups is 3. The van der Waals surface area contributed by atoms with E-state index in [9.17, 15) is 18.8 Å². The maximum Gasteiger partial charge on any atom is 0.293 e. The lowest BCUT2D eigenvalue weighted by Gasteiger charge is -2.13. The summed E-state index contributed by atoms with van der Waals surface area (Å²) in [6.07, 6.45) is 1.54. The standard InChI is InChI=1S/C27H22ClFN2O4S/c1-16-7-8-17(2)22(11-16)30-25(32)15-35-23-10-9-18(12-20(23)28)13-24-26(33)31(27(34)36-24)14-19-5-3-4-6-21(19)29/h3-13H,14-15H2,1-2H3,(H,30,32)/b24-13-. The molecule has 1 aliphatic heterocycles. The van der Waals surface area contributed by atoms with Gasteiger partial charge in [0.2, 0.25) is 0 Å². The van der Waals surface area contributed by atoms with E-state index >= 15 is 0 Å². The quantitative estimate of drug-likeness (QED) is 0.364. The number of hydrogen-bond donors (Lipinski definition) is 1. The number of ether oxygens (including phenoxy) is 1. The first-order valence-corrected chi connectivity index (χ1v) is 12.2. The highest BCUT2D eigenvalue weighted by atomic mass is 35.5. The van der Waals surface area contributed by atoms with Crippen LogP contribution in [-0.2, 0) is 16.1 Å². The number of amides is 3. The van der Waals surface area contributed by atoms with Gasteiger partial charge in [0, 0.05) is 11.3 Å². The van der Waals surface area contributed by atoms with Gasteiger partial charge in [-0.1, -0.05) is 48.0 Å². The monoisotopic (exact) mass is 524 g/mol. The van der Waals surface area contributed by atoms with Gasteiger partial charge in [0.1, 0.15) is 11.6 Å². The number of aryl methyl sites for hydroxylation is 2. The average molecular weight is 525 g/mol. The number of carbonyl (C=O) groups excluding carboxylic acids is 3. The maximum absolute atomic E-state index is 14.0. The second-order valence-electron chi connectivity index (χ2n) is 8.20. The van der Waals surface area contributed by atoms with Crippen LogP contribution in [0.5, 0.6) is 5.75 Å². The highest BCUT2D eigenvalue weighted by Crippen LogP contribution is 2.35. The molecule has 0 radical (unpaired) electrons. The van der Waals surface area contributed by atoms with Gasteiger partial charge < -0.3 is 10.1 Å². The Labute approximate surface area is 217 Å². The minimum absolute atomic E-state index is 0.146. The summed E-state index contributed by atoms with van der Waals surface area (Å²) < 4.78 is 19.5. The predicted molar refractivity (Wildman–Crippen MR) is 139 cm³/mol. The molecule has 4 rings (SSSR count). The smallest absolute Gasteiger partial charge is 0.293 e. The minimum Gasteiger partial charge on any atom is -0.482 e. The summed E-state index contributed by atoms with van der Waals surface area (Å²) in [6, 6.07) is 16.6. The van der Waals surface area contributed by atoms with Crippen LogP contribution in [0.25, 0.3) is 6.08 Å². The van der Waals surface area contributed by atoms with E-state index < -0.39 is 17.0 Å². The van der Waals surface area contributed by atoms with Crippen molar-refractivity contribution in [3.8, 4) is 5.75 Å². The fraction of sp³-hybridized carbons (Fsp3) is 0.148. The van der Waals surface area contributed by atoms with Crippen molar-refractivity contribution in [3.05, 3.63) is 98.7 Å². The third-order valence-electron chi connectivity index (χ3n) is 5.44. The van der Waals surface area contributed by atoms with Crippen LogP contribution >= 0.6 is 23.4 Å². The fourth-order valence-electron chi connectivity index (χ4n) is 3.51. The largest absolute Gasteiger partial charge is 0.482 e. The zero-order valence-corrected chi connectivity index (χ0v) is 21.1. The van der Waals surface area contributed by atoms with E-state index in [0.29, 0.717) is 17.0 Å². The lowest BCUT2D eigenvalue weighted by molar-refractivity contribution is -0.123. The summed E-state index contributed by atoms with van der Waals surface area (Å²) in [5, 5.41) is 2.59. The molecule has 0 bridgehead atoms. The molecule has 0 aromatic heterocycles. The van der Waals surface area contributed by atoms with Crippen LogP contribution in [0.4, 0.5) is 14.9 Å². The number of benzene rings is 3. The van der Waals surface area contributed by atoms with E-state index in [1.807, 2.05) is 32.0 Å². The van der Waals surface area contributed by atoms with Crippen molar-refractivity contribution < 1.29 is 23.5 Å².